The van der Waals surface area contributed by atoms with E-state index in [2.05, 4.69) is 5.32 Å². The maximum atomic E-state index is 13.9. The van der Waals surface area contributed by atoms with E-state index >= 15 is 0 Å². The van der Waals surface area contributed by atoms with Gasteiger partial charge in [-0.25, -0.2) is 0 Å². The number of benzene rings is 3. The van der Waals surface area contributed by atoms with Gasteiger partial charge >= 0.3 is 0 Å². The smallest absolute Gasteiger partial charge is 0.254 e. The molecule has 1 aliphatic rings. The van der Waals surface area contributed by atoms with E-state index in [0.29, 0.717) is 12.1 Å². The van der Waals surface area contributed by atoms with Crippen LogP contribution in [0.15, 0.2) is 78.9 Å². The Morgan fingerprint density at radius 2 is 1.61 bits per heavy atom. The number of fused-ring (bicyclic) bond motifs is 1. The average Bonchev–Trinajstić information content (AvgIpc) is 2.85. The molecule has 0 unspecified atom stereocenters. The Morgan fingerprint density at radius 1 is 0.970 bits per heavy atom. The van der Waals surface area contributed by atoms with Crippen molar-refractivity contribution >= 4 is 11.8 Å². The summed E-state index contributed by atoms with van der Waals surface area (Å²) < 4.78 is 0. The molecule has 4 rings (SSSR count). The van der Waals surface area contributed by atoms with Gasteiger partial charge in [0.15, 0.2) is 0 Å². The maximum absolute atomic E-state index is 13.9. The minimum atomic E-state index is -1.01. The minimum absolute atomic E-state index is 0.0601. The van der Waals surface area contributed by atoms with Crippen molar-refractivity contribution in [3.8, 4) is 0 Å². The molecule has 170 valence electrons. The van der Waals surface area contributed by atoms with Gasteiger partial charge in [0.25, 0.3) is 5.91 Å². The first kappa shape index (κ1) is 22.7. The highest BCUT2D eigenvalue weighted by Crippen LogP contribution is 2.48. The second-order valence-electron chi connectivity index (χ2n) is 9.02. The molecule has 33 heavy (non-hydrogen) atoms. The zero-order chi connectivity index (χ0) is 23.6. The molecular weight excluding hydrogens is 412 g/mol. The molecule has 2 amide bonds. The van der Waals surface area contributed by atoms with Crippen molar-refractivity contribution in [3.63, 3.8) is 0 Å². The van der Waals surface area contributed by atoms with E-state index in [1.807, 2.05) is 98.5 Å². The van der Waals surface area contributed by atoms with Crippen molar-refractivity contribution in [2.75, 3.05) is 0 Å². The zero-order valence-corrected chi connectivity index (χ0v) is 19.3. The van der Waals surface area contributed by atoms with Gasteiger partial charge in [-0.3, -0.25) is 9.59 Å². The number of nitrogens with zero attached hydrogens (tertiary/aromatic N) is 1. The third-order valence-electron chi connectivity index (χ3n) is 6.58. The first-order valence-electron chi connectivity index (χ1n) is 11.3. The Kier molecular flexibility index (Phi) is 6.34. The third-order valence-corrected chi connectivity index (χ3v) is 6.58. The molecule has 0 bridgehead atoms. The van der Waals surface area contributed by atoms with Crippen LogP contribution >= 0.6 is 0 Å². The van der Waals surface area contributed by atoms with Gasteiger partial charge < -0.3 is 15.3 Å². The number of carbonyl (C=O) groups excluding carboxylic acids is 2. The molecule has 0 saturated carbocycles. The molecule has 0 spiro atoms. The Bertz CT molecular complexity index is 1140. The Morgan fingerprint density at radius 3 is 2.24 bits per heavy atom. The number of aliphatic hydroxyl groups is 1. The van der Waals surface area contributed by atoms with Gasteiger partial charge in [0, 0.05) is 18.2 Å². The SMILES string of the molecule is CC(C)N1C(=O)c2ccccc2[C@](C)(C(=O)NCc2ccccc2)[C@@H]1c1ccc(CO)cc1. The van der Waals surface area contributed by atoms with Crippen LogP contribution in [0.1, 0.15) is 59.4 Å². The number of hydrogen-bond donors (Lipinski definition) is 2. The lowest BCUT2D eigenvalue weighted by Crippen LogP contribution is -2.58. The Labute approximate surface area is 195 Å². The molecule has 2 N–H and O–H groups in total. The second kappa shape index (κ2) is 9.20. The molecule has 3 aromatic carbocycles. The van der Waals surface area contributed by atoms with Crippen molar-refractivity contribution in [1.82, 2.24) is 10.2 Å². The number of hydrogen-bond acceptors (Lipinski definition) is 3. The molecule has 0 aliphatic carbocycles. The molecule has 5 heteroatoms. The van der Waals surface area contributed by atoms with Gasteiger partial charge in [0.2, 0.25) is 5.91 Å². The summed E-state index contributed by atoms with van der Waals surface area (Å²) in [7, 11) is 0. The van der Waals surface area contributed by atoms with E-state index in [1.165, 1.54) is 0 Å². The fourth-order valence-corrected chi connectivity index (χ4v) is 4.84. The number of carbonyl (C=O) groups is 2. The fourth-order valence-electron chi connectivity index (χ4n) is 4.84. The number of nitrogens with one attached hydrogen (secondary N) is 1. The lowest BCUT2D eigenvalue weighted by atomic mass is 9.67. The van der Waals surface area contributed by atoms with E-state index in [-0.39, 0.29) is 24.5 Å². The fraction of sp³-hybridized carbons (Fsp3) is 0.286. The van der Waals surface area contributed by atoms with E-state index in [4.69, 9.17) is 0 Å². The van der Waals surface area contributed by atoms with E-state index in [0.717, 1.165) is 22.3 Å². The number of rotatable bonds is 6. The summed E-state index contributed by atoms with van der Waals surface area (Å²) >= 11 is 0. The summed E-state index contributed by atoms with van der Waals surface area (Å²) in [5, 5.41) is 12.6. The van der Waals surface area contributed by atoms with Gasteiger partial charge in [0.1, 0.15) is 0 Å². The Balaban J connectivity index is 1.85. The highest BCUT2D eigenvalue weighted by Gasteiger charge is 2.53. The van der Waals surface area contributed by atoms with Crippen LogP contribution in [-0.2, 0) is 23.4 Å². The van der Waals surface area contributed by atoms with E-state index in [1.54, 1.807) is 6.07 Å². The minimum Gasteiger partial charge on any atom is -0.392 e. The number of aliphatic hydroxyl groups excluding tert-OH is 1. The van der Waals surface area contributed by atoms with Crippen molar-refractivity contribution in [2.24, 2.45) is 0 Å². The van der Waals surface area contributed by atoms with Crippen LogP contribution in [0.5, 0.6) is 0 Å². The monoisotopic (exact) mass is 442 g/mol. The highest BCUT2D eigenvalue weighted by atomic mass is 16.3. The third kappa shape index (κ3) is 4.05. The molecular formula is C28H30N2O3. The molecule has 3 aromatic rings. The van der Waals surface area contributed by atoms with Crippen molar-refractivity contribution < 1.29 is 14.7 Å². The topological polar surface area (TPSA) is 69.6 Å². The van der Waals surface area contributed by atoms with Crippen molar-refractivity contribution in [3.05, 3.63) is 107 Å². The van der Waals surface area contributed by atoms with Crippen LogP contribution in [0.2, 0.25) is 0 Å². The first-order valence-corrected chi connectivity index (χ1v) is 11.3. The Hall–Kier alpha value is -3.44. The molecule has 0 saturated heterocycles. The average molecular weight is 443 g/mol. The second-order valence-corrected chi connectivity index (χ2v) is 9.02. The molecule has 0 aromatic heterocycles. The normalized spacial score (nSPS) is 20.0. The largest absolute Gasteiger partial charge is 0.392 e. The summed E-state index contributed by atoms with van der Waals surface area (Å²) in [5.74, 6) is -0.210. The van der Waals surface area contributed by atoms with Crippen molar-refractivity contribution in [1.29, 1.82) is 0 Å². The molecule has 5 nitrogen and oxygen atoms in total. The van der Waals surface area contributed by atoms with Crippen LogP contribution in [0.25, 0.3) is 0 Å². The summed E-state index contributed by atoms with van der Waals surface area (Å²) in [6.45, 7) is 6.23. The lowest BCUT2D eigenvalue weighted by Gasteiger charge is -2.49. The predicted molar refractivity (Wildman–Crippen MR) is 128 cm³/mol. The van der Waals surface area contributed by atoms with Crippen LogP contribution < -0.4 is 5.32 Å². The van der Waals surface area contributed by atoms with Gasteiger partial charge in [-0.1, -0.05) is 72.8 Å². The summed E-state index contributed by atoms with van der Waals surface area (Å²) in [5.41, 5.74) is 2.94. The molecule has 1 heterocycles. The van der Waals surface area contributed by atoms with Crippen LogP contribution in [0.3, 0.4) is 0 Å². The van der Waals surface area contributed by atoms with Crippen LogP contribution in [-0.4, -0.2) is 27.9 Å². The van der Waals surface area contributed by atoms with E-state index < -0.39 is 11.5 Å². The number of amides is 2. The standard InChI is InChI=1S/C28H30N2O3/c1-19(2)30-25(22-15-13-21(18-31)14-16-22)28(3,24-12-8-7-11-23(24)26(30)32)27(33)29-17-20-9-5-4-6-10-20/h4-16,19,25,31H,17-18H2,1-3H3,(H,29,33)/t25-,28-/m0/s1. The van der Waals surface area contributed by atoms with E-state index in [9.17, 15) is 14.7 Å². The summed E-state index contributed by atoms with van der Waals surface area (Å²) in [4.78, 5) is 29.4. The van der Waals surface area contributed by atoms with Gasteiger partial charge in [-0.05, 0) is 49.1 Å². The maximum Gasteiger partial charge on any atom is 0.254 e. The highest BCUT2D eigenvalue weighted by molar-refractivity contribution is 6.03. The van der Waals surface area contributed by atoms with Crippen LogP contribution in [0, 0.1) is 0 Å². The predicted octanol–water partition coefficient (Wildman–Crippen LogP) is 4.36. The summed E-state index contributed by atoms with van der Waals surface area (Å²) in [6.07, 6.45) is 0. The zero-order valence-electron chi connectivity index (χ0n) is 19.3. The first-order chi connectivity index (χ1) is 15.9. The lowest BCUT2D eigenvalue weighted by molar-refractivity contribution is -0.129. The van der Waals surface area contributed by atoms with Gasteiger partial charge in [0.05, 0.1) is 18.1 Å². The quantitative estimate of drug-likeness (QED) is 0.596. The van der Waals surface area contributed by atoms with Gasteiger partial charge in [-0.15, -0.1) is 0 Å². The van der Waals surface area contributed by atoms with Crippen LogP contribution in [0.4, 0.5) is 0 Å². The molecule has 1 aliphatic heterocycles. The molecule has 0 fully saturated rings. The van der Waals surface area contributed by atoms with Crippen molar-refractivity contribution in [2.45, 2.75) is 51.4 Å². The molecule has 2 atom stereocenters. The van der Waals surface area contributed by atoms with Gasteiger partial charge in [-0.2, -0.15) is 0 Å². The molecule has 0 radical (unpaired) electrons. The summed E-state index contributed by atoms with van der Waals surface area (Å²) in [6, 6.07) is 24.1.